The van der Waals surface area contributed by atoms with Crippen molar-refractivity contribution in [3.8, 4) is 0 Å². The molecule has 21 heavy (non-hydrogen) atoms. The minimum absolute atomic E-state index is 0.0302. The number of carbonyl (C=O) groups is 2. The van der Waals surface area contributed by atoms with Crippen LogP contribution in [0.2, 0.25) is 0 Å². The molecule has 0 bridgehead atoms. The number of aryl methyl sites for hydroxylation is 1. The minimum atomic E-state index is -0.150. The van der Waals surface area contributed by atoms with Gasteiger partial charge in [-0.05, 0) is 37.6 Å². The Hall–Kier alpha value is -2.62. The molecule has 0 aliphatic rings. The van der Waals surface area contributed by atoms with Crippen LogP contribution in [0.4, 0.5) is 11.4 Å². The molecular weight excluding hydrogens is 264 g/mol. The molecule has 2 N–H and O–H groups in total. The number of rotatable bonds is 5. The van der Waals surface area contributed by atoms with Gasteiger partial charge in [-0.2, -0.15) is 0 Å². The number of Topliss-reactive ketones (excluding diaryl/α,β-unsaturated/α-hetero) is 1. The van der Waals surface area contributed by atoms with Crippen LogP contribution in [0.15, 0.2) is 48.5 Å². The van der Waals surface area contributed by atoms with Crippen molar-refractivity contribution < 1.29 is 9.59 Å². The van der Waals surface area contributed by atoms with Crippen molar-refractivity contribution in [2.24, 2.45) is 0 Å². The lowest BCUT2D eigenvalue weighted by Gasteiger charge is -2.11. The second kappa shape index (κ2) is 6.70. The van der Waals surface area contributed by atoms with Crippen molar-refractivity contribution in [2.45, 2.75) is 13.8 Å². The number of nitrogens with one attached hydrogen (secondary N) is 2. The van der Waals surface area contributed by atoms with Gasteiger partial charge in [0.25, 0.3) is 0 Å². The van der Waals surface area contributed by atoms with Gasteiger partial charge < -0.3 is 10.6 Å². The van der Waals surface area contributed by atoms with E-state index in [9.17, 15) is 9.59 Å². The quantitative estimate of drug-likeness (QED) is 0.828. The molecule has 0 unspecified atom stereocenters. The van der Waals surface area contributed by atoms with E-state index in [0.29, 0.717) is 11.3 Å². The molecule has 0 spiro atoms. The number of benzene rings is 2. The fourth-order valence-corrected chi connectivity index (χ4v) is 2.03. The van der Waals surface area contributed by atoms with E-state index in [4.69, 9.17) is 0 Å². The molecule has 2 aromatic rings. The Kier molecular flexibility index (Phi) is 4.72. The summed E-state index contributed by atoms with van der Waals surface area (Å²) >= 11 is 0. The summed E-state index contributed by atoms with van der Waals surface area (Å²) in [5.74, 6) is -0.180. The van der Waals surface area contributed by atoms with Gasteiger partial charge in [-0.3, -0.25) is 9.59 Å². The van der Waals surface area contributed by atoms with Crippen LogP contribution in [0.5, 0.6) is 0 Å². The average molecular weight is 282 g/mol. The fourth-order valence-electron chi connectivity index (χ4n) is 2.03. The van der Waals surface area contributed by atoms with E-state index in [0.717, 1.165) is 11.3 Å². The highest BCUT2D eigenvalue weighted by Crippen LogP contribution is 2.16. The third kappa shape index (κ3) is 3.92. The summed E-state index contributed by atoms with van der Waals surface area (Å²) in [7, 11) is 0. The molecule has 0 fully saturated rings. The Labute approximate surface area is 124 Å². The van der Waals surface area contributed by atoms with Crippen LogP contribution < -0.4 is 10.6 Å². The molecule has 4 heteroatoms. The van der Waals surface area contributed by atoms with Crippen LogP contribution in [0.3, 0.4) is 0 Å². The van der Waals surface area contributed by atoms with E-state index in [2.05, 4.69) is 10.6 Å². The number of ketones is 1. The summed E-state index contributed by atoms with van der Waals surface area (Å²) in [6, 6.07) is 14.8. The van der Waals surface area contributed by atoms with Crippen LogP contribution >= 0.6 is 0 Å². The molecule has 0 aromatic heterocycles. The Morgan fingerprint density at radius 1 is 0.952 bits per heavy atom. The van der Waals surface area contributed by atoms with Gasteiger partial charge in [0.05, 0.1) is 6.54 Å². The van der Waals surface area contributed by atoms with E-state index < -0.39 is 0 Å². The standard InChI is InChI=1S/C17H18N2O2/c1-12-7-3-5-9-15(12)19-17(21)11-18-16-10-6-4-8-14(16)13(2)20/h3-10,18H,11H2,1-2H3,(H,19,21). The average Bonchev–Trinajstić information content (AvgIpc) is 2.48. The zero-order valence-electron chi connectivity index (χ0n) is 12.1. The highest BCUT2D eigenvalue weighted by atomic mass is 16.2. The number of para-hydroxylation sites is 2. The van der Waals surface area contributed by atoms with E-state index in [-0.39, 0.29) is 18.2 Å². The van der Waals surface area contributed by atoms with E-state index >= 15 is 0 Å². The Morgan fingerprint density at radius 3 is 2.24 bits per heavy atom. The molecule has 1 amide bonds. The molecule has 0 aliphatic heterocycles. The summed E-state index contributed by atoms with van der Waals surface area (Å²) in [6.45, 7) is 3.56. The van der Waals surface area contributed by atoms with Crippen molar-refractivity contribution >= 4 is 23.1 Å². The van der Waals surface area contributed by atoms with Gasteiger partial charge in [0, 0.05) is 16.9 Å². The molecule has 0 atom stereocenters. The van der Waals surface area contributed by atoms with E-state index in [1.54, 1.807) is 18.2 Å². The smallest absolute Gasteiger partial charge is 0.243 e. The van der Waals surface area contributed by atoms with Crippen LogP contribution in [-0.2, 0) is 4.79 Å². The SMILES string of the molecule is CC(=O)c1ccccc1NCC(=O)Nc1ccccc1C. The Morgan fingerprint density at radius 2 is 1.57 bits per heavy atom. The molecule has 2 rings (SSSR count). The van der Waals surface area contributed by atoms with Crippen molar-refractivity contribution in [2.75, 3.05) is 17.2 Å². The first-order valence-electron chi connectivity index (χ1n) is 6.77. The number of hydrogen-bond acceptors (Lipinski definition) is 3. The molecule has 2 aromatic carbocycles. The fraction of sp³-hybridized carbons (Fsp3) is 0.176. The molecule has 4 nitrogen and oxygen atoms in total. The largest absolute Gasteiger partial charge is 0.376 e. The normalized spacial score (nSPS) is 10.0. The summed E-state index contributed by atoms with van der Waals surface area (Å²) in [5.41, 5.74) is 3.06. The second-order valence-corrected chi connectivity index (χ2v) is 4.82. The third-order valence-electron chi connectivity index (χ3n) is 3.16. The summed E-state index contributed by atoms with van der Waals surface area (Å²) in [4.78, 5) is 23.5. The minimum Gasteiger partial charge on any atom is -0.376 e. The molecule has 0 saturated carbocycles. The summed E-state index contributed by atoms with van der Waals surface area (Å²) in [5, 5.41) is 5.84. The lowest BCUT2D eigenvalue weighted by Crippen LogP contribution is -2.22. The molecule has 108 valence electrons. The molecular formula is C17H18N2O2. The molecule has 0 aliphatic carbocycles. The summed E-state index contributed by atoms with van der Waals surface area (Å²) < 4.78 is 0. The van der Waals surface area contributed by atoms with Crippen molar-refractivity contribution in [1.82, 2.24) is 0 Å². The third-order valence-corrected chi connectivity index (χ3v) is 3.16. The predicted octanol–water partition coefficient (Wildman–Crippen LogP) is 3.25. The number of anilines is 2. The zero-order chi connectivity index (χ0) is 15.2. The Bertz CT molecular complexity index is 665. The predicted molar refractivity (Wildman–Crippen MR) is 84.7 cm³/mol. The maximum absolute atomic E-state index is 12.0. The Balaban J connectivity index is 1.99. The van der Waals surface area contributed by atoms with Crippen LogP contribution in [0, 0.1) is 6.92 Å². The van der Waals surface area contributed by atoms with Crippen LogP contribution in [0.1, 0.15) is 22.8 Å². The van der Waals surface area contributed by atoms with Gasteiger partial charge >= 0.3 is 0 Å². The number of carbonyl (C=O) groups excluding carboxylic acids is 2. The molecule has 0 saturated heterocycles. The highest BCUT2D eigenvalue weighted by Gasteiger charge is 2.08. The first-order valence-corrected chi connectivity index (χ1v) is 6.77. The highest BCUT2D eigenvalue weighted by molar-refractivity contribution is 6.00. The van der Waals surface area contributed by atoms with Gasteiger partial charge in [-0.15, -0.1) is 0 Å². The maximum Gasteiger partial charge on any atom is 0.243 e. The summed E-state index contributed by atoms with van der Waals surface area (Å²) in [6.07, 6.45) is 0. The first-order chi connectivity index (χ1) is 10.1. The van der Waals surface area contributed by atoms with E-state index in [1.807, 2.05) is 37.3 Å². The van der Waals surface area contributed by atoms with Gasteiger partial charge in [0.2, 0.25) is 5.91 Å². The second-order valence-electron chi connectivity index (χ2n) is 4.82. The van der Waals surface area contributed by atoms with Crippen LogP contribution in [0.25, 0.3) is 0 Å². The lowest BCUT2D eigenvalue weighted by molar-refractivity contribution is -0.114. The van der Waals surface area contributed by atoms with Crippen molar-refractivity contribution in [3.05, 3.63) is 59.7 Å². The van der Waals surface area contributed by atoms with Crippen molar-refractivity contribution in [1.29, 1.82) is 0 Å². The van der Waals surface area contributed by atoms with Crippen molar-refractivity contribution in [3.63, 3.8) is 0 Å². The number of hydrogen-bond donors (Lipinski definition) is 2. The monoisotopic (exact) mass is 282 g/mol. The maximum atomic E-state index is 12.0. The zero-order valence-corrected chi connectivity index (χ0v) is 12.1. The lowest BCUT2D eigenvalue weighted by atomic mass is 10.1. The first kappa shape index (κ1) is 14.8. The van der Waals surface area contributed by atoms with Gasteiger partial charge in [0.15, 0.2) is 5.78 Å². The van der Waals surface area contributed by atoms with Crippen LogP contribution in [-0.4, -0.2) is 18.2 Å². The van der Waals surface area contributed by atoms with Gasteiger partial charge in [-0.1, -0.05) is 30.3 Å². The number of amides is 1. The molecule has 0 heterocycles. The van der Waals surface area contributed by atoms with E-state index in [1.165, 1.54) is 6.92 Å². The van der Waals surface area contributed by atoms with Gasteiger partial charge in [-0.25, -0.2) is 0 Å². The topological polar surface area (TPSA) is 58.2 Å². The van der Waals surface area contributed by atoms with Gasteiger partial charge in [0.1, 0.15) is 0 Å². The molecule has 0 radical (unpaired) electrons.